The van der Waals surface area contributed by atoms with Gasteiger partial charge in [0, 0.05) is 5.69 Å². The van der Waals surface area contributed by atoms with E-state index < -0.39 is 25.6 Å². The predicted molar refractivity (Wildman–Crippen MR) is 54.6 cm³/mol. The van der Waals surface area contributed by atoms with Gasteiger partial charge in [0.15, 0.2) is 0 Å². The molecule has 0 spiro atoms. The maximum Gasteiger partial charge on any atom is 0.501 e. The summed E-state index contributed by atoms with van der Waals surface area (Å²) in [6.45, 7) is 0. The zero-order valence-electron chi connectivity index (χ0n) is 7.95. The van der Waals surface area contributed by atoms with Gasteiger partial charge >= 0.3 is 10.9 Å². The summed E-state index contributed by atoms with van der Waals surface area (Å²) < 4.78 is 58.4. The highest BCUT2D eigenvalue weighted by Crippen LogP contribution is 2.30. The molecule has 0 saturated carbocycles. The number of carbonyl (C=O) groups excluding carboxylic acids is 1. The molecule has 0 aliphatic carbocycles. The second kappa shape index (κ2) is 4.53. The highest BCUT2D eigenvalue weighted by molar-refractivity contribution is 7.92. The van der Waals surface area contributed by atoms with Crippen LogP contribution in [0.2, 0.25) is 0 Å². The van der Waals surface area contributed by atoms with Crippen LogP contribution in [-0.4, -0.2) is 19.3 Å². The SMILES string of the molecule is O=C(Cl)Nc1ccc(S(=O)(=O)C(F)(F)F)cc1. The minimum absolute atomic E-state index is 0.0890. The van der Waals surface area contributed by atoms with Gasteiger partial charge in [-0.15, -0.1) is 0 Å². The van der Waals surface area contributed by atoms with E-state index in [-0.39, 0.29) is 5.69 Å². The predicted octanol–water partition coefficient (Wildman–Crippen LogP) is 2.75. The molecular formula is C8H5ClF3NO3S. The topological polar surface area (TPSA) is 63.2 Å². The third-order valence-corrected chi connectivity index (χ3v) is 3.31. The van der Waals surface area contributed by atoms with Gasteiger partial charge in [0.25, 0.3) is 9.84 Å². The van der Waals surface area contributed by atoms with E-state index in [4.69, 9.17) is 11.6 Å². The Morgan fingerprint density at radius 1 is 1.18 bits per heavy atom. The first-order chi connectivity index (χ1) is 7.64. The normalized spacial score (nSPS) is 12.2. The second-order valence-electron chi connectivity index (χ2n) is 2.87. The van der Waals surface area contributed by atoms with Crippen LogP contribution in [0.25, 0.3) is 0 Å². The molecule has 17 heavy (non-hydrogen) atoms. The van der Waals surface area contributed by atoms with Gasteiger partial charge in [0.2, 0.25) is 0 Å². The molecule has 4 nitrogen and oxygen atoms in total. The number of halogens is 4. The number of nitrogens with one attached hydrogen (secondary N) is 1. The van der Waals surface area contributed by atoms with Gasteiger partial charge < -0.3 is 5.32 Å². The van der Waals surface area contributed by atoms with Crippen LogP contribution in [-0.2, 0) is 9.84 Å². The minimum atomic E-state index is -5.37. The molecule has 1 aromatic rings. The number of sulfone groups is 1. The van der Waals surface area contributed by atoms with Gasteiger partial charge in [-0.3, -0.25) is 4.79 Å². The van der Waals surface area contributed by atoms with E-state index in [1.807, 2.05) is 0 Å². The van der Waals surface area contributed by atoms with Crippen LogP contribution in [0.5, 0.6) is 0 Å². The zero-order chi connectivity index (χ0) is 13.3. The van der Waals surface area contributed by atoms with Gasteiger partial charge in [-0.1, -0.05) is 0 Å². The molecule has 1 N–H and O–H groups in total. The summed E-state index contributed by atoms with van der Waals surface area (Å²) in [5.74, 6) is 0. The van der Waals surface area contributed by atoms with Gasteiger partial charge in [-0.2, -0.15) is 13.2 Å². The van der Waals surface area contributed by atoms with Crippen LogP contribution in [0.1, 0.15) is 0 Å². The number of hydrogen-bond acceptors (Lipinski definition) is 3. The van der Waals surface area contributed by atoms with Crippen molar-refractivity contribution < 1.29 is 26.4 Å². The molecule has 0 fully saturated rings. The van der Waals surface area contributed by atoms with E-state index in [0.29, 0.717) is 0 Å². The summed E-state index contributed by atoms with van der Waals surface area (Å²) in [5.41, 5.74) is -5.27. The van der Waals surface area contributed by atoms with Gasteiger partial charge in [0.05, 0.1) is 4.90 Å². The number of rotatable bonds is 2. The highest BCUT2D eigenvalue weighted by Gasteiger charge is 2.46. The van der Waals surface area contributed by atoms with Gasteiger partial charge in [-0.05, 0) is 35.9 Å². The lowest BCUT2D eigenvalue weighted by Crippen LogP contribution is -2.23. The van der Waals surface area contributed by atoms with Crippen LogP contribution < -0.4 is 5.32 Å². The lowest BCUT2D eigenvalue weighted by atomic mass is 10.3. The Hall–Kier alpha value is -1.28. The Balaban J connectivity index is 3.08. The molecule has 0 unspecified atom stereocenters. The molecule has 0 bridgehead atoms. The van der Waals surface area contributed by atoms with Crippen molar-refractivity contribution in [3.05, 3.63) is 24.3 Å². The van der Waals surface area contributed by atoms with Crippen molar-refractivity contribution in [2.24, 2.45) is 0 Å². The minimum Gasteiger partial charge on any atom is -0.312 e. The number of benzene rings is 1. The average Bonchev–Trinajstić information content (AvgIpc) is 2.15. The summed E-state index contributed by atoms with van der Waals surface area (Å²) in [5, 5.41) is 1.14. The molecule has 0 heterocycles. The van der Waals surface area contributed by atoms with Crippen molar-refractivity contribution in [3.63, 3.8) is 0 Å². The Bertz CT molecular complexity index is 524. The molecule has 0 saturated heterocycles. The van der Waals surface area contributed by atoms with E-state index >= 15 is 0 Å². The van der Waals surface area contributed by atoms with E-state index in [1.165, 1.54) is 0 Å². The van der Waals surface area contributed by atoms with E-state index in [1.54, 1.807) is 0 Å². The molecule has 1 aromatic carbocycles. The van der Waals surface area contributed by atoms with Crippen molar-refractivity contribution in [1.29, 1.82) is 0 Å². The fraction of sp³-hybridized carbons (Fsp3) is 0.125. The Kier molecular flexibility index (Phi) is 3.68. The molecule has 0 aromatic heterocycles. The van der Waals surface area contributed by atoms with Crippen LogP contribution in [0.15, 0.2) is 29.2 Å². The van der Waals surface area contributed by atoms with Crippen molar-refractivity contribution in [2.75, 3.05) is 5.32 Å². The third kappa shape index (κ3) is 3.10. The Morgan fingerprint density at radius 2 is 1.65 bits per heavy atom. The zero-order valence-corrected chi connectivity index (χ0v) is 9.53. The average molecular weight is 288 g/mol. The second-order valence-corrected chi connectivity index (χ2v) is 5.16. The van der Waals surface area contributed by atoms with Crippen LogP contribution >= 0.6 is 11.6 Å². The maximum atomic E-state index is 12.2. The largest absolute Gasteiger partial charge is 0.501 e. The molecule has 94 valence electrons. The lowest BCUT2D eigenvalue weighted by Gasteiger charge is -2.08. The number of carbonyl (C=O) groups is 1. The van der Waals surface area contributed by atoms with Crippen LogP contribution in [0.4, 0.5) is 23.7 Å². The molecule has 1 rings (SSSR count). The molecule has 0 aliphatic rings. The maximum absolute atomic E-state index is 12.2. The van der Waals surface area contributed by atoms with E-state index in [2.05, 4.69) is 5.32 Å². The fourth-order valence-corrected chi connectivity index (χ4v) is 1.84. The van der Waals surface area contributed by atoms with Gasteiger partial charge in [0.1, 0.15) is 0 Å². The van der Waals surface area contributed by atoms with Crippen LogP contribution in [0.3, 0.4) is 0 Å². The number of hydrogen-bond donors (Lipinski definition) is 1. The molecule has 0 radical (unpaired) electrons. The number of alkyl halides is 3. The number of amides is 1. The van der Waals surface area contributed by atoms with Crippen molar-refractivity contribution in [1.82, 2.24) is 0 Å². The summed E-state index contributed by atoms with van der Waals surface area (Å²) in [6.07, 6.45) is 0. The molecular weight excluding hydrogens is 283 g/mol. The van der Waals surface area contributed by atoms with Crippen LogP contribution in [0, 0.1) is 0 Å². The smallest absolute Gasteiger partial charge is 0.312 e. The molecule has 0 atom stereocenters. The number of anilines is 1. The first-order valence-corrected chi connectivity index (χ1v) is 5.88. The summed E-state index contributed by atoms with van der Waals surface area (Å²) >= 11 is 4.97. The first-order valence-electron chi connectivity index (χ1n) is 4.02. The van der Waals surface area contributed by atoms with E-state index in [0.717, 1.165) is 24.3 Å². The first kappa shape index (κ1) is 13.8. The molecule has 9 heteroatoms. The third-order valence-electron chi connectivity index (χ3n) is 1.71. The molecule has 1 amide bonds. The summed E-state index contributed by atoms with van der Waals surface area (Å²) in [6, 6.07) is 3.45. The highest BCUT2D eigenvalue weighted by atomic mass is 35.5. The quantitative estimate of drug-likeness (QED) is 0.672. The Morgan fingerprint density at radius 3 is 2.00 bits per heavy atom. The van der Waals surface area contributed by atoms with E-state index in [9.17, 15) is 26.4 Å². The van der Waals surface area contributed by atoms with Gasteiger partial charge in [-0.25, -0.2) is 8.42 Å². The summed E-state index contributed by atoms with van der Waals surface area (Å²) in [7, 11) is -5.37. The Labute approximate surface area is 99.3 Å². The lowest BCUT2D eigenvalue weighted by molar-refractivity contribution is -0.0436. The summed E-state index contributed by atoms with van der Waals surface area (Å²) in [4.78, 5) is 9.51. The van der Waals surface area contributed by atoms with Crippen molar-refractivity contribution in [3.8, 4) is 0 Å². The van der Waals surface area contributed by atoms with Crippen molar-refractivity contribution >= 4 is 32.5 Å². The fourth-order valence-electron chi connectivity index (χ4n) is 0.965. The molecule has 0 aliphatic heterocycles. The monoisotopic (exact) mass is 287 g/mol. The standard InChI is InChI=1S/C8H5ClF3NO3S/c9-7(14)13-5-1-3-6(4-2-5)17(15,16)8(10,11)12/h1-4H,(H,13,14). The van der Waals surface area contributed by atoms with Crippen molar-refractivity contribution in [2.45, 2.75) is 10.4 Å².